The summed E-state index contributed by atoms with van der Waals surface area (Å²) >= 11 is 0. The summed E-state index contributed by atoms with van der Waals surface area (Å²) in [5.74, 6) is -0.893. The Morgan fingerprint density at radius 3 is 2.42 bits per heavy atom. The molecular weight excluding hydrogens is 254 g/mol. The largest absolute Gasteiger partial charge is 0.496 e. The molecule has 0 saturated carbocycles. The molecule has 0 spiro atoms. The van der Waals surface area contributed by atoms with Gasteiger partial charge in [-0.3, -0.25) is 4.79 Å². The molecule has 1 aromatic carbocycles. The normalized spacial score (nSPS) is 11.7. The zero-order chi connectivity index (χ0) is 14.8. The minimum absolute atomic E-state index is 0.0845. The van der Waals surface area contributed by atoms with Crippen molar-refractivity contribution in [3.63, 3.8) is 0 Å². The molecule has 0 heterocycles. The Bertz CT molecular complexity index is 482. The molecule has 0 atom stereocenters. The van der Waals surface area contributed by atoms with Crippen molar-refractivity contribution in [2.24, 2.45) is 0 Å². The van der Waals surface area contributed by atoms with E-state index < -0.39 is 17.8 Å². The van der Waals surface area contributed by atoms with E-state index >= 15 is 0 Å². The lowest BCUT2D eigenvalue weighted by Gasteiger charge is -2.28. The molecule has 0 aliphatic rings. The Balaban J connectivity index is 3.48. The number of ether oxygens (including phenoxy) is 1. The van der Waals surface area contributed by atoms with E-state index in [1.54, 1.807) is 26.8 Å². The fourth-order valence-corrected chi connectivity index (χ4v) is 2.40. The van der Waals surface area contributed by atoms with Gasteiger partial charge in [-0.2, -0.15) is 0 Å². The molecule has 0 aromatic heterocycles. The Kier molecular flexibility index (Phi) is 4.50. The number of methoxy groups -OCH3 is 1. The minimum atomic E-state index is -2.66. The lowest BCUT2D eigenvalue weighted by atomic mass is 9.78. The number of benzene rings is 1. The van der Waals surface area contributed by atoms with Crippen LogP contribution >= 0.6 is 0 Å². The maximum Gasteiger partial charge on any atom is 0.304 e. The predicted molar refractivity (Wildman–Crippen MR) is 68.0 cm³/mol. The summed E-state index contributed by atoms with van der Waals surface area (Å²) in [6.07, 6.45) is -2.81. The van der Waals surface area contributed by atoms with Crippen molar-refractivity contribution < 1.29 is 23.4 Å². The maximum atomic E-state index is 13.0. The van der Waals surface area contributed by atoms with Crippen LogP contribution in [0.15, 0.2) is 12.1 Å². The zero-order valence-electron chi connectivity index (χ0n) is 11.5. The SMILES string of the molecule is COc1c(C(F)F)ccc(C)c1C(C)(C)CC(=O)O. The lowest BCUT2D eigenvalue weighted by molar-refractivity contribution is -0.138. The fraction of sp³-hybridized carbons (Fsp3) is 0.500. The average Bonchev–Trinajstić information content (AvgIpc) is 2.25. The second-order valence-corrected chi connectivity index (χ2v) is 5.14. The molecule has 0 bridgehead atoms. The van der Waals surface area contributed by atoms with Gasteiger partial charge in [0.1, 0.15) is 5.75 Å². The van der Waals surface area contributed by atoms with Gasteiger partial charge in [0.15, 0.2) is 0 Å². The van der Waals surface area contributed by atoms with E-state index in [4.69, 9.17) is 9.84 Å². The van der Waals surface area contributed by atoms with E-state index in [0.717, 1.165) is 5.56 Å². The third-order valence-corrected chi connectivity index (χ3v) is 3.11. The van der Waals surface area contributed by atoms with E-state index in [9.17, 15) is 13.6 Å². The third-order valence-electron chi connectivity index (χ3n) is 3.11. The number of halogens is 2. The molecule has 0 unspecified atom stereocenters. The standard InChI is InChI=1S/C14H18F2O3/c1-8-5-6-9(13(15)16)12(19-4)11(8)14(2,3)7-10(17)18/h5-6,13H,7H2,1-4H3,(H,17,18). The van der Waals surface area contributed by atoms with Crippen molar-refractivity contribution in [1.29, 1.82) is 0 Å². The van der Waals surface area contributed by atoms with E-state index in [-0.39, 0.29) is 17.7 Å². The number of aryl methyl sites for hydroxylation is 1. The number of carboxylic acid groups (broad SMARTS) is 1. The highest BCUT2D eigenvalue weighted by Crippen LogP contribution is 2.41. The summed E-state index contributed by atoms with van der Waals surface area (Å²) in [6, 6.07) is 2.89. The van der Waals surface area contributed by atoms with Crippen LogP contribution in [-0.2, 0) is 10.2 Å². The molecule has 0 radical (unpaired) electrons. The van der Waals surface area contributed by atoms with E-state index in [1.165, 1.54) is 13.2 Å². The zero-order valence-corrected chi connectivity index (χ0v) is 11.5. The first-order valence-electron chi connectivity index (χ1n) is 5.88. The first-order valence-corrected chi connectivity index (χ1v) is 5.88. The quantitative estimate of drug-likeness (QED) is 0.889. The van der Waals surface area contributed by atoms with Crippen LogP contribution in [0.2, 0.25) is 0 Å². The molecule has 19 heavy (non-hydrogen) atoms. The van der Waals surface area contributed by atoms with Crippen LogP contribution in [0, 0.1) is 6.92 Å². The summed E-state index contributed by atoms with van der Waals surface area (Å²) in [5.41, 5.74) is 0.274. The monoisotopic (exact) mass is 272 g/mol. The van der Waals surface area contributed by atoms with Crippen LogP contribution in [-0.4, -0.2) is 18.2 Å². The smallest absolute Gasteiger partial charge is 0.304 e. The molecule has 0 saturated heterocycles. The van der Waals surface area contributed by atoms with Gasteiger partial charge in [-0.1, -0.05) is 19.9 Å². The second-order valence-electron chi connectivity index (χ2n) is 5.14. The number of carboxylic acids is 1. The van der Waals surface area contributed by atoms with Crippen molar-refractivity contribution in [2.45, 2.75) is 39.0 Å². The van der Waals surface area contributed by atoms with E-state index in [2.05, 4.69) is 0 Å². The van der Waals surface area contributed by atoms with E-state index in [1.807, 2.05) is 0 Å². The Morgan fingerprint density at radius 2 is 2.00 bits per heavy atom. The number of carbonyl (C=O) groups is 1. The topological polar surface area (TPSA) is 46.5 Å². The van der Waals surface area contributed by atoms with Gasteiger partial charge in [0.2, 0.25) is 0 Å². The summed E-state index contributed by atoms with van der Waals surface area (Å²) in [7, 11) is 1.32. The Morgan fingerprint density at radius 1 is 1.42 bits per heavy atom. The molecule has 0 fully saturated rings. The fourth-order valence-electron chi connectivity index (χ4n) is 2.40. The molecule has 5 heteroatoms. The van der Waals surface area contributed by atoms with Crippen LogP contribution in [0.1, 0.15) is 43.4 Å². The predicted octanol–water partition coefficient (Wildman–Crippen LogP) is 3.69. The first-order chi connectivity index (χ1) is 8.70. The molecule has 1 N–H and O–H groups in total. The summed E-state index contributed by atoms with van der Waals surface area (Å²) < 4.78 is 31.1. The molecule has 1 rings (SSSR count). The highest BCUT2D eigenvalue weighted by molar-refractivity contribution is 5.69. The first kappa shape index (κ1) is 15.4. The van der Waals surface area contributed by atoms with Gasteiger partial charge in [0.25, 0.3) is 6.43 Å². The molecule has 0 amide bonds. The Hall–Kier alpha value is -1.65. The molecule has 0 aliphatic heterocycles. The van der Waals surface area contributed by atoms with Crippen LogP contribution in [0.4, 0.5) is 8.78 Å². The second kappa shape index (κ2) is 5.55. The molecule has 3 nitrogen and oxygen atoms in total. The maximum absolute atomic E-state index is 13.0. The van der Waals surface area contributed by atoms with Gasteiger partial charge in [-0.05, 0) is 18.6 Å². The average molecular weight is 272 g/mol. The van der Waals surface area contributed by atoms with Crippen molar-refractivity contribution in [1.82, 2.24) is 0 Å². The van der Waals surface area contributed by atoms with Crippen LogP contribution in [0.3, 0.4) is 0 Å². The van der Waals surface area contributed by atoms with Crippen LogP contribution in [0.5, 0.6) is 5.75 Å². The van der Waals surface area contributed by atoms with Gasteiger partial charge in [0.05, 0.1) is 19.1 Å². The van der Waals surface area contributed by atoms with Crippen molar-refractivity contribution in [3.8, 4) is 5.75 Å². The van der Waals surface area contributed by atoms with Crippen molar-refractivity contribution in [3.05, 3.63) is 28.8 Å². The van der Waals surface area contributed by atoms with Crippen molar-refractivity contribution in [2.75, 3.05) is 7.11 Å². The van der Waals surface area contributed by atoms with Gasteiger partial charge in [0, 0.05) is 11.0 Å². The minimum Gasteiger partial charge on any atom is -0.496 e. The molecule has 106 valence electrons. The molecule has 0 aliphatic carbocycles. The van der Waals surface area contributed by atoms with Gasteiger partial charge in [-0.25, -0.2) is 8.78 Å². The lowest BCUT2D eigenvalue weighted by Crippen LogP contribution is -2.24. The van der Waals surface area contributed by atoms with Crippen LogP contribution < -0.4 is 4.74 Å². The highest BCUT2D eigenvalue weighted by atomic mass is 19.3. The van der Waals surface area contributed by atoms with Crippen LogP contribution in [0.25, 0.3) is 0 Å². The van der Waals surface area contributed by atoms with Gasteiger partial charge in [-0.15, -0.1) is 0 Å². The number of rotatable bonds is 5. The molecular formula is C14H18F2O3. The van der Waals surface area contributed by atoms with Crippen molar-refractivity contribution >= 4 is 5.97 Å². The number of aliphatic carboxylic acids is 1. The summed E-state index contributed by atoms with van der Waals surface area (Å²) in [6.45, 7) is 5.18. The highest BCUT2D eigenvalue weighted by Gasteiger charge is 2.31. The van der Waals surface area contributed by atoms with E-state index in [0.29, 0.717) is 5.56 Å². The van der Waals surface area contributed by atoms with Gasteiger partial charge >= 0.3 is 5.97 Å². The third kappa shape index (κ3) is 3.22. The number of hydrogen-bond donors (Lipinski definition) is 1. The summed E-state index contributed by atoms with van der Waals surface area (Å²) in [4.78, 5) is 10.9. The summed E-state index contributed by atoms with van der Waals surface area (Å²) in [5, 5.41) is 8.95. The molecule has 1 aromatic rings. The Labute approximate surface area is 111 Å². The number of alkyl halides is 2. The number of hydrogen-bond acceptors (Lipinski definition) is 2. The van der Waals surface area contributed by atoms with Gasteiger partial charge < -0.3 is 9.84 Å².